The first-order chi connectivity index (χ1) is 13.1. The number of fused-ring (bicyclic) bond motifs is 1. The Kier molecular flexibility index (Phi) is 6.42. The summed E-state index contributed by atoms with van der Waals surface area (Å²) in [5.41, 5.74) is 1.13. The Morgan fingerprint density at radius 3 is 2.78 bits per heavy atom. The van der Waals surface area contributed by atoms with Crippen molar-refractivity contribution >= 4 is 22.6 Å². The fourth-order valence-electron chi connectivity index (χ4n) is 3.62. The van der Waals surface area contributed by atoms with Gasteiger partial charge in [-0.3, -0.25) is 14.5 Å². The van der Waals surface area contributed by atoms with Gasteiger partial charge in [-0.15, -0.1) is 0 Å². The van der Waals surface area contributed by atoms with Gasteiger partial charge in [-0.05, 0) is 29.3 Å². The summed E-state index contributed by atoms with van der Waals surface area (Å²) in [5, 5.41) is 14.4. The Bertz CT molecular complexity index is 808. The molecule has 1 aliphatic heterocycles. The number of nitrogens with one attached hydrogen (secondary N) is 1. The molecule has 0 spiro atoms. The molecule has 0 unspecified atom stereocenters. The van der Waals surface area contributed by atoms with Gasteiger partial charge in [0.2, 0.25) is 11.8 Å². The number of piperazine rings is 1. The molecule has 1 atom stereocenters. The Labute approximate surface area is 159 Å². The number of hydrogen-bond acceptors (Lipinski definition) is 4. The first-order valence-corrected chi connectivity index (χ1v) is 9.50. The lowest BCUT2D eigenvalue weighted by molar-refractivity contribution is -0.139. The summed E-state index contributed by atoms with van der Waals surface area (Å²) in [7, 11) is 0. The summed E-state index contributed by atoms with van der Waals surface area (Å²) >= 11 is 0. The Morgan fingerprint density at radius 1 is 1.26 bits per heavy atom. The summed E-state index contributed by atoms with van der Waals surface area (Å²) in [6, 6.07) is 14.0. The summed E-state index contributed by atoms with van der Waals surface area (Å²) in [6.07, 6.45) is 0.132. The fourth-order valence-corrected chi connectivity index (χ4v) is 3.62. The minimum absolute atomic E-state index is 0.0722. The van der Waals surface area contributed by atoms with Crippen LogP contribution in [0.3, 0.4) is 0 Å². The van der Waals surface area contributed by atoms with Crippen molar-refractivity contribution in [1.82, 2.24) is 15.1 Å². The third kappa shape index (κ3) is 4.64. The first-order valence-electron chi connectivity index (χ1n) is 9.50. The van der Waals surface area contributed by atoms with Crippen molar-refractivity contribution in [3.8, 4) is 0 Å². The highest BCUT2D eigenvalue weighted by atomic mass is 16.3. The van der Waals surface area contributed by atoms with Crippen molar-refractivity contribution < 1.29 is 14.7 Å². The van der Waals surface area contributed by atoms with E-state index in [0.717, 1.165) is 5.56 Å². The van der Waals surface area contributed by atoms with Gasteiger partial charge in [-0.25, -0.2) is 0 Å². The fraction of sp³-hybridized carbons (Fsp3) is 0.429. The molecule has 6 nitrogen and oxygen atoms in total. The number of likely N-dealkylation sites (N-methyl/N-ethyl adjacent to an activating group) is 1. The number of aliphatic hydroxyl groups excluding tert-OH is 1. The van der Waals surface area contributed by atoms with Crippen LogP contribution in [-0.4, -0.2) is 65.5 Å². The van der Waals surface area contributed by atoms with Gasteiger partial charge in [0.15, 0.2) is 0 Å². The molecule has 0 saturated carbocycles. The largest absolute Gasteiger partial charge is 0.395 e. The van der Waals surface area contributed by atoms with Gasteiger partial charge in [0.1, 0.15) is 0 Å². The highest BCUT2D eigenvalue weighted by Gasteiger charge is 2.32. The molecule has 0 bridgehead atoms. The van der Waals surface area contributed by atoms with E-state index in [1.807, 2.05) is 19.1 Å². The van der Waals surface area contributed by atoms with E-state index in [1.54, 1.807) is 4.90 Å². The summed E-state index contributed by atoms with van der Waals surface area (Å²) in [6.45, 7) is 4.56. The molecule has 1 fully saturated rings. The van der Waals surface area contributed by atoms with Crippen LogP contribution in [0.25, 0.3) is 10.8 Å². The van der Waals surface area contributed by atoms with Gasteiger partial charge in [-0.2, -0.15) is 0 Å². The topological polar surface area (TPSA) is 72.9 Å². The Morgan fingerprint density at radius 2 is 2.04 bits per heavy atom. The van der Waals surface area contributed by atoms with Crippen LogP contribution in [0.5, 0.6) is 0 Å². The van der Waals surface area contributed by atoms with Crippen molar-refractivity contribution in [2.75, 3.05) is 32.8 Å². The lowest BCUT2D eigenvalue weighted by atomic mass is 10.0. The second-order valence-electron chi connectivity index (χ2n) is 6.86. The Hall–Kier alpha value is -2.44. The molecule has 2 aromatic carbocycles. The minimum Gasteiger partial charge on any atom is -0.395 e. The maximum Gasteiger partial charge on any atom is 0.237 e. The van der Waals surface area contributed by atoms with Crippen LogP contribution in [0, 0.1) is 0 Å². The zero-order valence-electron chi connectivity index (χ0n) is 15.7. The maximum atomic E-state index is 12.6. The molecule has 144 valence electrons. The minimum atomic E-state index is -0.481. The molecule has 3 rings (SSSR count). The zero-order valence-corrected chi connectivity index (χ0v) is 15.7. The van der Waals surface area contributed by atoms with Crippen LogP contribution in [0.15, 0.2) is 42.5 Å². The molecule has 2 aromatic rings. The molecule has 27 heavy (non-hydrogen) atoms. The number of benzene rings is 2. The second-order valence-corrected chi connectivity index (χ2v) is 6.86. The molecular formula is C21H27N3O3. The van der Waals surface area contributed by atoms with Crippen molar-refractivity contribution in [2.45, 2.75) is 25.9 Å². The van der Waals surface area contributed by atoms with Crippen LogP contribution in [-0.2, 0) is 16.1 Å². The van der Waals surface area contributed by atoms with Crippen molar-refractivity contribution in [1.29, 1.82) is 0 Å². The highest BCUT2D eigenvalue weighted by Crippen LogP contribution is 2.19. The third-order valence-electron chi connectivity index (χ3n) is 5.11. The maximum absolute atomic E-state index is 12.6. The van der Waals surface area contributed by atoms with Gasteiger partial charge in [0.05, 0.1) is 19.1 Å². The summed E-state index contributed by atoms with van der Waals surface area (Å²) < 4.78 is 0. The zero-order chi connectivity index (χ0) is 19.2. The van der Waals surface area contributed by atoms with E-state index in [2.05, 4.69) is 40.5 Å². The average Bonchev–Trinajstić information content (AvgIpc) is 2.68. The number of carbonyl (C=O) groups excluding carboxylic acids is 2. The molecule has 6 heteroatoms. The normalized spacial score (nSPS) is 17.7. The van der Waals surface area contributed by atoms with Crippen LogP contribution < -0.4 is 5.32 Å². The van der Waals surface area contributed by atoms with Gasteiger partial charge in [-0.1, -0.05) is 36.4 Å². The lowest BCUT2D eigenvalue weighted by Crippen LogP contribution is -2.56. The van der Waals surface area contributed by atoms with E-state index in [1.165, 1.54) is 10.8 Å². The molecule has 0 radical (unpaired) electrons. The highest BCUT2D eigenvalue weighted by molar-refractivity contribution is 5.89. The molecule has 2 amide bonds. The van der Waals surface area contributed by atoms with E-state index in [4.69, 9.17) is 5.11 Å². The van der Waals surface area contributed by atoms with Gasteiger partial charge >= 0.3 is 0 Å². The van der Waals surface area contributed by atoms with Crippen LogP contribution in [0.2, 0.25) is 0 Å². The molecule has 0 aromatic heterocycles. The van der Waals surface area contributed by atoms with Crippen molar-refractivity contribution in [3.05, 3.63) is 48.0 Å². The van der Waals surface area contributed by atoms with E-state index in [-0.39, 0.29) is 24.8 Å². The van der Waals surface area contributed by atoms with E-state index in [9.17, 15) is 9.59 Å². The monoisotopic (exact) mass is 369 g/mol. The summed E-state index contributed by atoms with van der Waals surface area (Å²) in [4.78, 5) is 28.7. The van der Waals surface area contributed by atoms with E-state index in [0.29, 0.717) is 32.7 Å². The summed E-state index contributed by atoms with van der Waals surface area (Å²) in [5.74, 6) is -0.201. The standard InChI is InChI=1S/C21H27N3O3/c1-2-23(11-12-25)20(26)14-19-21(27)22-9-10-24(19)15-16-7-8-17-5-3-4-6-18(17)13-16/h3-8,13,19,25H,2,9-12,14-15H2,1H3,(H,22,27)/t19-/m0/s1. The molecule has 2 N–H and O–H groups in total. The predicted molar refractivity (Wildman–Crippen MR) is 105 cm³/mol. The number of amides is 2. The number of rotatable bonds is 7. The second kappa shape index (κ2) is 8.97. The van der Waals surface area contributed by atoms with Crippen LogP contribution in [0.4, 0.5) is 0 Å². The molecular weight excluding hydrogens is 342 g/mol. The van der Waals surface area contributed by atoms with Crippen LogP contribution in [0.1, 0.15) is 18.9 Å². The predicted octanol–water partition coefficient (Wildman–Crippen LogP) is 1.37. The number of nitrogens with zero attached hydrogens (tertiary/aromatic N) is 2. The third-order valence-corrected chi connectivity index (χ3v) is 5.11. The van der Waals surface area contributed by atoms with E-state index >= 15 is 0 Å². The Balaban J connectivity index is 1.74. The quantitative estimate of drug-likeness (QED) is 0.773. The van der Waals surface area contributed by atoms with E-state index < -0.39 is 6.04 Å². The molecule has 1 aliphatic rings. The first kappa shape index (κ1) is 19.3. The number of aliphatic hydroxyl groups is 1. The van der Waals surface area contributed by atoms with Gasteiger partial charge < -0.3 is 15.3 Å². The van der Waals surface area contributed by atoms with Crippen molar-refractivity contribution in [2.24, 2.45) is 0 Å². The van der Waals surface area contributed by atoms with Crippen molar-refractivity contribution in [3.63, 3.8) is 0 Å². The molecule has 1 heterocycles. The van der Waals surface area contributed by atoms with Gasteiger partial charge in [0, 0.05) is 32.7 Å². The smallest absolute Gasteiger partial charge is 0.237 e. The van der Waals surface area contributed by atoms with Crippen LogP contribution >= 0.6 is 0 Å². The lowest BCUT2D eigenvalue weighted by Gasteiger charge is -2.35. The molecule has 0 aliphatic carbocycles. The average molecular weight is 369 g/mol. The SMILES string of the molecule is CCN(CCO)C(=O)C[C@H]1C(=O)NCCN1Cc1ccc2ccccc2c1. The van der Waals surface area contributed by atoms with Gasteiger partial charge in [0.25, 0.3) is 0 Å². The molecule has 1 saturated heterocycles. The number of carbonyl (C=O) groups is 2. The number of hydrogen-bond donors (Lipinski definition) is 2.